The normalized spacial score (nSPS) is 8.71. The van der Waals surface area contributed by atoms with Crippen molar-refractivity contribution in [2.45, 2.75) is 0 Å². The first-order valence-electron chi connectivity index (χ1n) is 1.76. The van der Waals surface area contributed by atoms with Crippen LogP contribution in [0.5, 0.6) is 5.88 Å². The molecule has 0 unspecified atom stereocenters. The molecule has 0 saturated heterocycles. The molecule has 0 amide bonds. The fourth-order valence-corrected chi connectivity index (χ4v) is 0.414. The molecule has 0 aliphatic rings. The maximum Gasteiger partial charge on any atom is 0.343 e. The first-order valence-corrected chi connectivity index (χ1v) is 2.17. The van der Waals surface area contributed by atoms with Crippen molar-refractivity contribution in [3.63, 3.8) is 0 Å². The molecule has 1 N–H and O–H groups in total. The minimum Gasteiger partial charge on any atom is -0.528 e. The molecule has 0 aromatic carbocycles. The lowest BCUT2D eigenvalue weighted by atomic mass is 10.7. The van der Waals surface area contributed by atoms with Gasteiger partial charge in [-0.2, -0.15) is 5.10 Å². The Morgan fingerprint density at radius 3 is 3.00 bits per heavy atom. The molecule has 0 atom stereocenters. The summed E-state index contributed by atoms with van der Waals surface area (Å²) in [5.74, 6) is 0.608. The van der Waals surface area contributed by atoms with Crippen LogP contribution in [0.4, 0.5) is 0 Å². The lowest BCUT2D eigenvalue weighted by molar-refractivity contribution is 0.585. The fourth-order valence-electron chi connectivity index (χ4n) is 0.300. The van der Waals surface area contributed by atoms with Crippen LogP contribution in [0, 0.1) is 0 Å². The van der Waals surface area contributed by atoms with Crippen LogP contribution in [-0.2, 0) is 0 Å². The van der Waals surface area contributed by atoms with Crippen molar-refractivity contribution in [2.75, 3.05) is 0 Å². The fraction of sp³-hybridized carbons (Fsp3) is 0. The third-order valence-corrected chi connectivity index (χ3v) is 0.805. The highest BCUT2D eigenvalue weighted by atomic mass is 28.2. The summed E-state index contributed by atoms with van der Waals surface area (Å²) in [6.45, 7) is 0. The van der Waals surface area contributed by atoms with Crippen LogP contribution in [0.25, 0.3) is 0 Å². The minimum atomic E-state index is 0.608. The Balaban J connectivity index is 2.76. The molecule has 0 aliphatic heterocycles. The van der Waals surface area contributed by atoms with Crippen molar-refractivity contribution < 1.29 is 4.43 Å². The smallest absolute Gasteiger partial charge is 0.343 e. The molecule has 1 rings (SSSR count). The van der Waals surface area contributed by atoms with E-state index in [2.05, 4.69) is 25.1 Å². The number of hydrogen-bond acceptors (Lipinski definition) is 2. The number of hydrogen-bond donors (Lipinski definition) is 1. The van der Waals surface area contributed by atoms with Gasteiger partial charge in [0.15, 0.2) is 5.88 Å². The van der Waals surface area contributed by atoms with Gasteiger partial charge in [0.05, 0.1) is 6.20 Å². The number of H-pyrrole nitrogens is 1. The SMILES string of the molecule is [Si]Oc1ccn[nH]1. The van der Waals surface area contributed by atoms with E-state index in [1.165, 1.54) is 0 Å². The van der Waals surface area contributed by atoms with E-state index in [0.717, 1.165) is 0 Å². The zero-order chi connectivity index (χ0) is 5.11. The van der Waals surface area contributed by atoms with E-state index >= 15 is 0 Å². The lowest BCUT2D eigenvalue weighted by Crippen LogP contribution is -1.82. The third-order valence-electron chi connectivity index (χ3n) is 0.585. The Labute approximate surface area is 44.2 Å². The second-order valence-electron chi connectivity index (χ2n) is 1.02. The minimum absolute atomic E-state index is 0.608. The van der Waals surface area contributed by atoms with Gasteiger partial charge in [-0.05, 0) is 0 Å². The summed E-state index contributed by atoms with van der Waals surface area (Å²) in [5.41, 5.74) is 0. The summed E-state index contributed by atoms with van der Waals surface area (Å²) in [5, 5.41) is 6.18. The van der Waals surface area contributed by atoms with E-state index in [4.69, 9.17) is 0 Å². The van der Waals surface area contributed by atoms with E-state index in [0.29, 0.717) is 5.88 Å². The summed E-state index contributed by atoms with van der Waals surface area (Å²) in [4.78, 5) is 0. The molecule has 1 heterocycles. The molecule has 0 bridgehead atoms. The number of nitrogens with zero attached hydrogens (tertiary/aromatic N) is 1. The van der Waals surface area contributed by atoms with Crippen LogP contribution in [0.15, 0.2) is 12.3 Å². The predicted octanol–water partition coefficient (Wildman–Crippen LogP) is -0.128. The quantitative estimate of drug-likeness (QED) is 0.513. The molecule has 7 heavy (non-hydrogen) atoms. The lowest BCUT2D eigenvalue weighted by Gasteiger charge is -1.86. The molecule has 0 aliphatic carbocycles. The van der Waals surface area contributed by atoms with Crippen LogP contribution in [0.1, 0.15) is 0 Å². The molecule has 4 heteroatoms. The van der Waals surface area contributed by atoms with Crippen LogP contribution in [0.3, 0.4) is 0 Å². The molecule has 1 aromatic heterocycles. The van der Waals surface area contributed by atoms with Crippen molar-refractivity contribution in [2.24, 2.45) is 0 Å². The van der Waals surface area contributed by atoms with E-state index in [9.17, 15) is 0 Å². The van der Waals surface area contributed by atoms with Crippen LogP contribution in [-0.4, -0.2) is 20.7 Å². The third kappa shape index (κ3) is 0.804. The molecule has 0 saturated carbocycles. The summed E-state index contributed by atoms with van der Waals surface area (Å²) in [7, 11) is 2.81. The van der Waals surface area contributed by atoms with Crippen molar-refractivity contribution in [1.29, 1.82) is 0 Å². The largest absolute Gasteiger partial charge is 0.528 e. The summed E-state index contributed by atoms with van der Waals surface area (Å²) in [6.07, 6.45) is 1.61. The first kappa shape index (κ1) is 4.39. The van der Waals surface area contributed by atoms with Gasteiger partial charge in [-0.15, -0.1) is 0 Å². The van der Waals surface area contributed by atoms with Crippen molar-refractivity contribution in [1.82, 2.24) is 10.2 Å². The van der Waals surface area contributed by atoms with E-state index in [-0.39, 0.29) is 0 Å². The Kier molecular flexibility index (Phi) is 1.12. The first-order chi connectivity index (χ1) is 3.43. The Bertz CT molecular complexity index is 127. The molecule has 35 valence electrons. The maximum atomic E-state index is 4.54. The average molecular weight is 111 g/mol. The molecular weight excluding hydrogens is 108 g/mol. The van der Waals surface area contributed by atoms with Crippen LogP contribution in [0.2, 0.25) is 0 Å². The molecular formula is C3H3N2OSi. The molecule has 3 radical (unpaired) electrons. The van der Waals surface area contributed by atoms with E-state index in [1.54, 1.807) is 12.3 Å². The van der Waals surface area contributed by atoms with Gasteiger partial charge in [0, 0.05) is 6.07 Å². The van der Waals surface area contributed by atoms with Crippen LogP contribution >= 0.6 is 0 Å². The van der Waals surface area contributed by atoms with Gasteiger partial charge in [0.1, 0.15) is 0 Å². The molecule has 0 spiro atoms. The van der Waals surface area contributed by atoms with Gasteiger partial charge in [-0.3, -0.25) is 0 Å². The van der Waals surface area contributed by atoms with Gasteiger partial charge >= 0.3 is 10.5 Å². The number of aromatic nitrogens is 2. The molecule has 1 aromatic rings. The monoisotopic (exact) mass is 111 g/mol. The second-order valence-corrected chi connectivity index (χ2v) is 1.23. The number of aromatic amines is 1. The Morgan fingerprint density at radius 1 is 1.86 bits per heavy atom. The highest BCUT2D eigenvalue weighted by molar-refractivity contribution is 5.99. The molecule has 3 nitrogen and oxygen atoms in total. The predicted molar refractivity (Wildman–Crippen MR) is 25.0 cm³/mol. The Morgan fingerprint density at radius 2 is 2.71 bits per heavy atom. The topological polar surface area (TPSA) is 37.9 Å². The maximum absolute atomic E-state index is 4.54. The van der Waals surface area contributed by atoms with Crippen LogP contribution < -0.4 is 4.43 Å². The van der Waals surface area contributed by atoms with E-state index in [1.807, 2.05) is 0 Å². The second kappa shape index (κ2) is 1.79. The zero-order valence-electron chi connectivity index (χ0n) is 3.51. The highest BCUT2D eigenvalue weighted by Gasteiger charge is 1.83. The van der Waals surface area contributed by atoms with Gasteiger partial charge in [-0.25, -0.2) is 5.10 Å². The summed E-state index contributed by atoms with van der Waals surface area (Å²) < 4.78 is 4.54. The number of rotatable bonds is 1. The van der Waals surface area contributed by atoms with Crippen molar-refractivity contribution in [3.05, 3.63) is 12.3 Å². The number of nitrogens with one attached hydrogen (secondary N) is 1. The van der Waals surface area contributed by atoms with Gasteiger partial charge in [0.25, 0.3) is 0 Å². The average Bonchev–Trinajstić information content (AvgIpc) is 2.14. The van der Waals surface area contributed by atoms with Gasteiger partial charge < -0.3 is 4.43 Å². The zero-order valence-corrected chi connectivity index (χ0v) is 4.51. The highest BCUT2D eigenvalue weighted by Crippen LogP contribution is 1.97. The van der Waals surface area contributed by atoms with Crippen molar-refractivity contribution in [3.8, 4) is 5.88 Å². The van der Waals surface area contributed by atoms with Crippen molar-refractivity contribution >= 4 is 10.5 Å². The standard InChI is InChI=1S/C3H3N2OSi/c7-6-3-1-2-4-5-3/h1-2H,(H,4,5). The van der Waals surface area contributed by atoms with E-state index < -0.39 is 0 Å². The van der Waals surface area contributed by atoms with Gasteiger partial charge in [0.2, 0.25) is 0 Å². The van der Waals surface area contributed by atoms with Gasteiger partial charge in [-0.1, -0.05) is 0 Å². The summed E-state index contributed by atoms with van der Waals surface area (Å²) in [6, 6.07) is 1.70. The Hall–Kier alpha value is -0.773. The molecule has 0 fully saturated rings. The summed E-state index contributed by atoms with van der Waals surface area (Å²) >= 11 is 0.